The Morgan fingerprint density at radius 1 is 0.875 bits per heavy atom. The fourth-order valence-electron chi connectivity index (χ4n) is 7.45. The first-order valence-corrected chi connectivity index (χ1v) is 11.4. The highest BCUT2D eigenvalue weighted by molar-refractivity contribution is 5.01. The van der Waals surface area contributed by atoms with Gasteiger partial charge < -0.3 is 0 Å². The first-order chi connectivity index (χ1) is 11.4. The van der Waals surface area contributed by atoms with Crippen molar-refractivity contribution in [1.82, 2.24) is 0 Å². The van der Waals surface area contributed by atoms with Gasteiger partial charge in [0.25, 0.3) is 0 Å². The Hall–Kier alpha value is 0. The van der Waals surface area contributed by atoms with Crippen LogP contribution in [0.1, 0.15) is 112 Å². The van der Waals surface area contributed by atoms with Crippen LogP contribution in [0.15, 0.2) is 0 Å². The maximum Gasteiger partial charge on any atom is -0.0295 e. The molecule has 0 aliphatic heterocycles. The molecular weight excluding hydrogens is 288 g/mol. The summed E-state index contributed by atoms with van der Waals surface area (Å²) < 4.78 is 0. The molecule has 2 bridgehead atoms. The number of hydrogen-bond donors (Lipinski definition) is 0. The van der Waals surface area contributed by atoms with Crippen LogP contribution < -0.4 is 0 Å². The van der Waals surface area contributed by atoms with Gasteiger partial charge in [0.2, 0.25) is 0 Å². The van der Waals surface area contributed by atoms with Crippen molar-refractivity contribution in [3.8, 4) is 0 Å². The van der Waals surface area contributed by atoms with Gasteiger partial charge in [-0.1, -0.05) is 73.1 Å². The molecule has 6 atom stereocenters. The second kappa shape index (κ2) is 7.32. The molecule has 24 heavy (non-hydrogen) atoms. The largest absolute Gasteiger partial charge is 0.0654 e. The SMILES string of the molecule is CCCCC[C@@H]1CC[C@H]2C[C@@H]3[C@H](C)CCC[C@@]3(C)CC[C@@H]1C2(C)C. The first kappa shape index (κ1) is 18.8. The molecule has 0 amide bonds. The zero-order valence-corrected chi connectivity index (χ0v) is 17.4. The van der Waals surface area contributed by atoms with Crippen molar-refractivity contribution in [2.75, 3.05) is 0 Å². The molecule has 0 aromatic heterocycles. The minimum absolute atomic E-state index is 0.591. The highest BCUT2D eigenvalue weighted by Crippen LogP contribution is 2.60. The molecular formula is C24H44. The van der Waals surface area contributed by atoms with E-state index in [2.05, 4.69) is 34.6 Å². The van der Waals surface area contributed by atoms with Crippen molar-refractivity contribution in [2.24, 2.45) is 40.4 Å². The Bertz CT molecular complexity index is 408. The van der Waals surface area contributed by atoms with Crippen LogP contribution in [0.5, 0.6) is 0 Å². The Labute approximate surface area is 152 Å². The number of unbranched alkanes of at least 4 members (excludes halogenated alkanes) is 2. The Morgan fingerprint density at radius 3 is 2.42 bits per heavy atom. The predicted octanol–water partition coefficient (Wildman–Crippen LogP) is 7.86. The Kier molecular flexibility index (Phi) is 5.73. The average molecular weight is 333 g/mol. The van der Waals surface area contributed by atoms with Gasteiger partial charge >= 0.3 is 0 Å². The first-order valence-electron chi connectivity index (χ1n) is 11.4. The quantitative estimate of drug-likeness (QED) is 0.459. The third kappa shape index (κ3) is 3.45. The summed E-state index contributed by atoms with van der Waals surface area (Å²) in [5, 5.41) is 0. The number of fused-ring (bicyclic) bond motifs is 3. The van der Waals surface area contributed by atoms with E-state index in [-0.39, 0.29) is 0 Å². The maximum absolute atomic E-state index is 2.67. The second-order valence-corrected chi connectivity index (χ2v) is 10.9. The summed E-state index contributed by atoms with van der Waals surface area (Å²) in [5.74, 6) is 5.01. The van der Waals surface area contributed by atoms with Crippen LogP contribution in [-0.4, -0.2) is 0 Å². The molecule has 3 rings (SSSR count). The van der Waals surface area contributed by atoms with Gasteiger partial charge in [-0.25, -0.2) is 0 Å². The van der Waals surface area contributed by atoms with Crippen LogP contribution in [0.4, 0.5) is 0 Å². The third-order valence-electron chi connectivity index (χ3n) is 9.20. The van der Waals surface area contributed by atoms with Gasteiger partial charge in [0, 0.05) is 0 Å². The van der Waals surface area contributed by atoms with E-state index in [0.717, 1.165) is 29.6 Å². The van der Waals surface area contributed by atoms with E-state index in [1.165, 1.54) is 64.2 Å². The molecule has 0 aromatic carbocycles. The smallest absolute Gasteiger partial charge is 0.0295 e. The predicted molar refractivity (Wildman–Crippen MR) is 106 cm³/mol. The van der Waals surface area contributed by atoms with Crippen LogP contribution in [0.3, 0.4) is 0 Å². The lowest BCUT2D eigenvalue weighted by atomic mass is 9.48. The van der Waals surface area contributed by atoms with Crippen molar-refractivity contribution < 1.29 is 0 Å². The van der Waals surface area contributed by atoms with Crippen LogP contribution in [0.25, 0.3) is 0 Å². The van der Waals surface area contributed by atoms with E-state index >= 15 is 0 Å². The van der Waals surface area contributed by atoms with Gasteiger partial charge in [0.1, 0.15) is 0 Å². The lowest BCUT2D eigenvalue weighted by molar-refractivity contribution is -0.0742. The van der Waals surface area contributed by atoms with Gasteiger partial charge in [0.15, 0.2) is 0 Å². The molecule has 0 aromatic rings. The average Bonchev–Trinajstić information content (AvgIpc) is 2.52. The van der Waals surface area contributed by atoms with Crippen LogP contribution in [0, 0.1) is 40.4 Å². The summed E-state index contributed by atoms with van der Waals surface area (Å²) in [7, 11) is 0. The minimum Gasteiger partial charge on any atom is -0.0654 e. The summed E-state index contributed by atoms with van der Waals surface area (Å²) in [6.07, 6.45) is 18.0. The highest BCUT2D eigenvalue weighted by atomic mass is 14.6. The molecule has 3 aliphatic carbocycles. The molecule has 0 saturated heterocycles. The maximum atomic E-state index is 2.67. The Morgan fingerprint density at radius 2 is 1.67 bits per heavy atom. The van der Waals surface area contributed by atoms with Crippen molar-refractivity contribution >= 4 is 0 Å². The lowest BCUT2D eigenvalue weighted by Crippen LogP contribution is -2.48. The van der Waals surface area contributed by atoms with Gasteiger partial charge in [-0.2, -0.15) is 0 Å². The fraction of sp³-hybridized carbons (Fsp3) is 1.00. The second-order valence-electron chi connectivity index (χ2n) is 10.9. The summed E-state index contributed by atoms with van der Waals surface area (Å²) in [5.41, 5.74) is 1.25. The molecule has 0 unspecified atom stereocenters. The zero-order valence-electron chi connectivity index (χ0n) is 17.4. The standard InChI is InChI=1S/C24H44/c1-6-7-8-11-19-12-13-20-17-22-18(2)10-9-15-24(22,5)16-14-21(19)23(20,3)4/h18-22H,6-17H2,1-5H3/t18-,19-,20+,21+,22-,24+/m1/s1. The molecule has 0 nitrogen and oxygen atoms in total. The molecule has 0 spiro atoms. The third-order valence-corrected chi connectivity index (χ3v) is 9.20. The highest BCUT2D eigenvalue weighted by Gasteiger charge is 2.51. The zero-order chi connectivity index (χ0) is 17.4. The van der Waals surface area contributed by atoms with Crippen LogP contribution in [0.2, 0.25) is 0 Å². The van der Waals surface area contributed by atoms with Crippen LogP contribution >= 0.6 is 0 Å². The van der Waals surface area contributed by atoms with Crippen molar-refractivity contribution in [1.29, 1.82) is 0 Å². The molecule has 0 N–H and O–H groups in total. The van der Waals surface area contributed by atoms with E-state index in [4.69, 9.17) is 0 Å². The van der Waals surface area contributed by atoms with E-state index in [9.17, 15) is 0 Å². The monoisotopic (exact) mass is 332 g/mol. The molecule has 0 heteroatoms. The van der Waals surface area contributed by atoms with Gasteiger partial charge in [0.05, 0.1) is 0 Å². The molecule has 0 radical (unpaired) electrons. The van der Waals surface area contributed by atoms with E-state index in [0.29, 0.717) is 10.8 Å². The summed E-state index contributed by atoms with van der Waals surface area (Å²) in [6.45, 7) is 12.9. The van der Waals surface area contributed by atoms with Crippen molar-refractivity contribution in [3.05, 3.63) is 0 Å². The molecule has 3 saturated carbocycles. The van der Waals surface area contributed by atoms with E-state index in [1.54, 1.807) is 12.8 Å². The summed E-state index contributed by atoms with van der Waals surface area (Å²) in [4.78, 5) is 0. The molecule has 140 valence electrons. The lowest BCUT2D eigenvalue weighted by Gasteiger charge is -2.57. The van der Waals surface area contributed by atoms with Gasteiger partial charge in [-0.15, -0.1) is 0 Å². The molecule has 3 fully saturated rings. The van der Waals surface area contributed by atoms with Gasteiger partial charge in [-0.05, 0) is 78.9 Å². The van der Waals surface area contributed by atoms with E-state index < -0.39 is 0 Å². The van der Waals surface area contributed by atoms with Crippen molar-refractivity contribution in [3.63, 3.8) is 0 Å². The van der Waals surface area contributed by atoms with Gasteiger partial charge in [-0.3, -0.25) is 0 Å². The normalized spacial score (nSPS) is 45.1. The molecule has 3 aliphatic rings. The van der Waals surface area contributed by atoms with Crippen LogP contribution in [-0.2, 0) is 0 Å². The summed E-state index contributed by atoms with van der Waals surface area (Å²) in [6, 6.07) is 0. The van der Waals surface area contributed by atoms with Crippen molar-refractivity contribution in [2.45, 2.75) is 112 Å². The summed E-state index contributed by atoms with van der Waals surface area (Å²) >= 11 is 0. The Balaban J connectivity index is 1.78. The van der Waals surface area contributed by atoms with E-state index in [1.807, 2.05) is 0 Å². The topological polar surface area (TPSA) is 0 Å². The minimum atomic E-state index is 0.591. The number of rotatable bonds is 4. The molecule has 0 heterocycles. The number of hydrogen-bond acceptors (Lipinski definition) is 0. The fourth-order valence-corrected chi connectivity index (χ4v) is 7.45.